The monoisotopic (exact) mass is 227 g/mol. The average molecular weight is 227 g/mol. The van der Waals surface area contributed by atoms with Gasteiger partial charge in [0.25, 0.3) is 0 Å². The van der Waals surface area contributed by atoms with Gasteiger partial charge in [-0.15, -0.1) is 0 Å². The summed E-state index contributed by atoms with van der Waals surface area (Å²) in [4.78, 5) is 15.7. The molecule has 16 heavy (non-hydrogen) atoms. The van der Waals surface area contributed by atoms with Gasteiger partial charge in [0.1, 0.15) is 0 Å². The quantitative estimate of drug-likeness (QED) is 0.679. The maximum Gasteiger partial charge on any atom is 0.236 e. The lowest BCUT2D eigenvalue weighted by molar-refractivity contribution is -0.135. The van der Waals surface area contributed by atoms with Gasteiger partial charge in [0.05, 0.1) is 19.3 Å². The number of hydrogen-bond donors (Lipinski definition) is 1. The van der Waals surface area contributed by atoms with Gasteiger partial charge in [-0.25, -0.2) is 0 Å². The van der Waals surface area contributed by atoms with E-state index < -0.39 is 0 Å². The summed E-state index contributed by atoms with van der Waals surface area (Å²) >= 11 is 0. The van der Waals surface area contributed by atoms with Crippen LogP contribution >= 0.6 is 0 Å². The molecule has 5 nitrogen and oxygen atoms in total. The van der Waals surface area contributed by atoms with Gasteiger partial charge in [-0.05, 0) is 13.5 Å². The molecule has 0 radical (unpaired) electrons. The third-order valence-electron chi connectivity index (χ3n) is 3.13. The molecule has 2 aliphatic rings. The summed E-state index contributed by atoms with van der Waals surface area (Å²) in [6.07, 6.45) is 1.38. The van der Waals surface area contributed by atoms with Crippen LogP contribution in [0.5, 0.6) is 0 Å². The van der Waals surface area contributed by atoms with Crippen LogP contribution in [0, 0.1) is 0 Å². The molecule has 5 heteroatoms. The number of nitrogens with one attached hydrogen (secondary N) is 1. The first-order valence-corrected chi connectivity index (χ1v) is 6.04. The molecular weight excluding hydrogens is 206 g/mol. The molecule has 1 atom stereocenters. The lowest BCUT2D eigenvalue weighted by Gasteiger charge is -2.33. The first kappa shape index (κ1) is 11.8. The average Bonchev–Trinajstić information content (AvgIpc) is 2.15. The fraction of sp³-hybridized carbons (Fsp3) is 0.909. The summed E-state index contributed by atoms with van der Waals surface area (Å²) in [5.74, 6) is 0.248. The van der Waals surface area contributed by atoms with E-state index in [0.29, 0.717) is 6.54 Å². The number of carbonyl (C=O) groups is 1. The number of rotatable bonds is 4. The van der Waals surface area contributed by atoms with E-state index in [1.54, 1.807) is 0 Å². The smallest absolute Gasteiger partial charge is 0.236 e. The molecule has 2 heterocycles. The van der Waals surface area contributed by atoms with Crippen LogP contribution < -0.4 is 5.32 Å². The molecule has 0 aromatic carbocycles. The first-order chi connectivity index (χ1) is 7.75. The van der Waals surface area contributed by atoms with Gasteiger partial charge in [-0.3, -0.25) is 9.69 Å². The van der Waals surface area contributed by atoms with E-state index in [1.807, 2.05) is 11.9 Å². The van der Waals surface area contributed by atoms with Crippen LogP contribution in [0.4, 0.5) is 0 Å². The molecular formula is C11H21N3O2. The molecule has 2 fully saturated rings. The van der Waals surface area contributed by atoms with Gasteiger partial charge in [-0.2, -0.15) is 0 Å². The van der Waals surface area contributed by atoms with Crippen LogP contribution in [0.25, 0.3) is 0 Å². The SMILES string of the molecule is CN(CC(=O)N1CCC1)CC1CNCCO1. The van der Waals surface area contributed by atoms with Crippen molar-refractivity contribution >= 4 is 5.91 Å². The van der Waals surface area contributed by atoms with E-state index in [9.17, 15) is 4.79 Å². The molecule has 0 saturated carbocycles. The normalized spacial score (nSPS) is 25.6. The fourth-order valence-corrected chi connectivity index (χ4v) is 2.05. The van der Waals surface area contributed by atoms with Gasteiger partial charge < -0.3 is 15.0 Å². The van der Waals surface area contributed by atoms with Crippen LogP contribution in [-0.4, -0.2) is 74.7 Å². The number of carbonyl (C=O) groups excluding carboxylic acids is 1. The van der Waals surface area contributed by atoms with Crippen molar-refractivity contribution < 1.29 is 9.53 Å². The van der Waals surface area contributed by atoms with E-state index in [-0.39, 0.29) is 12.0 Å². The minimum absolute atomic E-state index is 0.225. The number of morpholine rings is 1. The van der Waals surface area contributed by atoms with Crippen LogP contribution in [-0.2, 0) is 9.53 Å². The summed E-state index contributed by atoms with van der Waals surface area (Å²) < 4.78 is 5.60. The predicted octanol–water partition coefficient (Wildman–Crippen LogP) is -0.861. The predicted molar refractivity (Wildman–Crippen MR) is 61.3 cm³/mol. The van der Waals surface area contributed by atoms with Crippen LogP contribution in [0.1, 0.15) is 6.42 Å². The van der Waals surface area contributed by atoms with Crippen LogP contribution in [0.15, 0.2) is 0 Å². The molecule has 0 aromatic heterocycles. The van der Waals surface area contributed by atoms with Gasteiger partial charge in [0.2, 0.25) is 5.91 Å². The Balaban J connectivity index is 1.66. The summed E-state index contributed by atoms with van der Waals surface area (Å²) in [5.41, 5.74) is 0. The van der Waals surface area contributed by atoms with Crippen molar-refractivity contribution in [1.29, 1.82) is 0 Å². The Hall–Kier alpha value is -0.650. The molecule has 92 valence electrons. The van der Waals surface area contributed by atoms with Gasteiger partial charge >= 0.3 is 0 Å². The first-order valence-electron chi connectivity index (χ1n) is 6.04. The van der Waals surface area contributed by atoms with Gasteiger partial charge in [-0.1, -0.05) is 0 Å². The van der Waals surface area contributed by atoms with Crippen LogP contribution in [0.3, 0.4) is 0 Å². The largest absolute Gasteiger partial charge is 0.374 e. The second-order valence-corrected chi connectivity index (χ2v) is 4.63. The van der Waals surface area contributed by atoms with Gasteiger partial charge in [0, 0.05) is 32.7 Å². The van der Waals surface area contributed by atoms with Crippen molar-refractivity contribution in [2.45, 2.75) is 12.5 Å². The Morgan fingerprint density at radius 1 is 1.56 bits per heavy atom. The van der Waals surface area contributed by atoms with Crippen LogP contribution in [0.2, 0.25) is 0 Å². The number of ether oxygens (including phenoxy) is 1. The second-order valence-electron chi connectivity index (χ2n) is 4.63. The molecule has 1 amide bonds. The number of likely N-dealkylation sites (N-methyl/N-ethyl adjacent to an activating group) is 1. The van der Waals surface area contributed by atoms with E-state index >= 15 is 0 Å². The zero-order valence-corrected chi connectivity index (χ0v) is 9.95. The van der Waals surface area contributed by atoms with Gasteiger partial charge in [0.15, 0.2) is 0 Å². The maximum absolute atomic E-state index is 11.7. The molecule has 0 aliphatic carbocycles. The summed E-state index contributed by atoms with van der Waals surface area (Å²) in [6.45, 7) is 5.82. The highest BCUT2D eigenvalue weighted by Crippen LogP contribution is 2.06. The highest BCUT2D eigenvalue weighted by molar-refractivity contribution is 5.78. The number of nitrogens with zero attached hydrogens (tertiary/aromatic N) is 2. The minimum Gasteiger partial charge on any atom is -0.374 e. The van der Waals surface area contributed by atoms with E-state index in [2.05, 4.69) is 10.2 Å². The summed E-state index contributed by atoms with van der Waals surface area (Å²) in [6, 6.07) is 0. The zero-order valence-electron chi connectivity index (χ0n) is 9.95. The summed E-state index contributed by atoms with van der Waals surface area (Å²) in [7, 11) is 1.98. The Morgan fingerprint density at radius 3 is 2.94 bits per heavy atom. The molecule has 1 N–H and O–H groups in total. The van der Waals surface area contributed by atoms with Crippen molar-refractivity contribution in [2.75, 3.05) is 52.9 Å². The Labute approximate surface area is 96.7 Å². The third kappa shape index (κ3) is 3.17. The lowest BCUT2D eigenvalue weighted by Crippen LogP contribution is -2.49. The Morgan fingerprint density at radius 2 is 2.38 bits per heavy atom. The molecule has 1 unspecified atom stereocenters. The molecule has 2 aliphatic heterocycles. The molecule has 0 spiro atoms. The number of hydrogen-bond acceptors (Lipinski definition) is 4. The molecule has 0 aromatic rings. The van der Waals surface area contributed by atoms with E-state index in [1.165, 1.54) is 0 Å². The molecule has 2 saturated heterocycles. The van der Waals surface area contributed by atoms with Crippen molar-refractivity contribution in [3.63, 3.8) is 0 Å². The third-order valence-corrected chi connectivity index (χ3v) is 3.13. The highest BCUT2D eigenvalue weighted by Gasteiger charge is 2.22. The van der Waals surface area contributed by atoms with Crippen molar-refractivity contribution in [3.8, 4) is 0 Å². The zero-order chi connectivity index (χ0) is 11.4. The second kappa shape index (κ2) is 5.61. The topological polar surface area (TPSA) is 44.8 Å². The van der Waals surface area contributed by atoms with E-state index in [4.69, 9.17) is 4.74 Å². The molecule has 2 rings (SSSR count). The van der Waals surface area contributed by atoms with Crippen molar-refractivity contribution in [1.82, 2.24) is 15.1 Å². The van der Waals surface area contributed by atoms with Crippen molar-refractivity contribution in [2.24, 2.45) is 0 Å². The highest BCUT2D eigenvalue weighted by atomic mass is 16.5. The number of likely N-dealkylation sites (tertiary alicyclic amines) is 1. The Kier molecular flexibility index (Phi) is 4.15. The summed E-state index contributed by atoms with van der Waals surface area (Å²) in [5, 5.41) is 3.29. The van der Waals surface area contributed by atoms with E-state index in [0.717, 1.165) is 45.8 Å². The standard InChI is InChI=1S/C11H21N3O2/c1-13(8-10-7-12-3-6-16-10)9-11(15)14-4-2-5-14/h10,12H,2-9H2,1H3. The van der Waals surface area contributed by atoms with Crippen molar-refractivity contribution in [3.05, 3.63) is 0 Å². The minimum atomic E-state index is 0.225. The maximum atomic E-state index is 11.7. The lowest BCUT2D eigenvalue weighted by atomic mass is 10.2. The number of amides is 1. The fourth-order valence-electron chi connectivity index (χ4n) is 2.05. The molecule has 0 bridgehead atoms. The Bertz CT molecular complexity index is 237.